The molecular weight excluding hydrogens is 152 g/mol. The van der Waals surface area contributed by atoms with E-state index >= 15 is 0 Å². The molecule has 12 heavy (non-hydrogen) atoms. The van der Waals surface area contributed by atoms with Gasteiger partial charge in [0.1, 0.15) is 5.76 Å². The minimum atomic E-state index is 0.420. The predicted octanol–water partition coefficient (Wildman–Crippen LogP) is 3.00. The zero-order valence-corrected chi connectivity index (χ0v) is 7.54. The molecular formula is C10H14O2. The first-order valence-electron chi connectivity index (χ1n) is 4.32. The molecule has 2 nitrogen and oxygen atoms in total. The Labute approximate surface area is 72.6 Å². The zero-order chi connectivity index (χ0) is 8.97. The van der Waals surface area contributed by atoms with Gasteiger partial charge in [0.2, 0.25) is 0 Å². The SMILES string of the molecule is CCCC(C)c1ccc(C=O)o1. The van der Waals surface area contributed by atoms with Crippen LogP contribution in [0.2, 0.25) is 0 Å². The van der Waals surface area contributed by atoms with Gasteiger partial charge in [-0.25, -0.2) is 0 Å². The molecule has 0 radical (unpaired) electrons. The van der Waals surface area contributed by atoms with Crippen molar-refractivity contribution in [2.75, 3.05) is 0 Å². The summed E-state index contributed by atoms with van der Waals surface area (Å²) in [4.78, 5) is 10.3. The van der Waals surface area contributed by atoms with Gasteiger partial charge in [0.05, 0.1) is 0 Å². The van der Waals surface area contributed by atoms with Crippen LogP contribution >= 0.6 is 0 Å². The Balaban J connectivity index is 2.67. The van der Waals surface area contributed by atoms with Gasteiger partial charge in [-0.15, -0.1) is 0 Å². The van der Waals surface area contributed by atoms with Crippen LogP contribution in [-0.4, -0.2) is 6.29 Å². The van der Waals surface area contributed by atoms with Gasteiger partial charge in [-0.05, 0) is 18.6 Å². The quantitative estimate of drug-likeness (QED) is 0.643. The number of carbonyl (C=O) groups is 1. The van der Waals surface area contributed by atoms with Gasteiger partial charge < -0.3 is 4.42 Å². The highest BCUT2D eigenvalue weighted by atomic mass is 16.3. The van der Waals surface area contributed by atoms with Crippen LogP contribution in [-0.2, 0) is 0 Å². The molecule has 1 aromatic heterocycles. The molecule has 0 aliphatic heterocycles. The third kappa shape index (κ3) is 1.97. The maximum atomic E-state index is 10.3. The van der Waals surface area contributed by atoms with Gasteiger partial charge in [-0.2, -0.15) is 0 Å². The maximum Gasteiger partial charge on any atom is 0.185 e. The molecule has 0 amide bonds. The molecule has 1 atom stereocenters. The second-order valence-electron chi connectivity index (χ2n) is 3.05. The van der Waals surface area contributed by atoms with E-state index in [1.807, 2.05) is 6.07 Å². The lowest BCUT2D eigenvalue weighted by Gasteiger charge is -2.04. The Bertz CT molecular complexity index is 250. The van der Waals surface area contributed by atoms with Gasteiger partial charge in [0.25, 0.3) is 0 Å². The minimum absolute atomic E-state index is 0.420. The Hall–Kier alpha value is -1.05. The largest absolute Gasteiger partial charge is 0.458 e. The van der Waals surface area contributed by atoms with E-state index in [0.717, 1.165) is 24.9 Å². The van der Waals surface area contributed by atoms with Crippen LogP contribution < -0.4 is 0 Å². The molecule has 0 fully saturated rings. The fourth-order valence-corrected chi connectivity index (χ4v) is 1.27. The maximum absolute atomic E-state index is 10.3. The lowest BCUT2D eigenvalue weighted by atomic mass is 10.0. The van der Waals surface area contributed by atoms with Crippen molar-refractivity contribution in [1.82, 2.24) is 0 Å². The number of rotatable bonds is 4. The predicted molar refractivity (Wildman–Crippen MR) is 47.4 cm³/mol. The van der Waals surface area contributed by atoms with Crippen LogP contribution in [0, 0.1) is 0 Å². The van der Waals surface area contributed by atoms with E-state index in [-0.39, 0.29) is 0 Å². The van der Waals surface area contributed by atoms with E-state index in [2.05, 4.69) is 13.8 Å². The van der Waals surface area contributed by atoms with Crippen LogP contribution in [0.25, 0.3) is 0 Å². The van der Waals surface area contributed by atoms with Crippen molar-refractivity contribution in [2.24, 2.45) is 0 Å². The van der Waals surface area contributed by atoms with Crippen LogP contribution in [0.3, 0.4) is 0 Å². The zero-order valence-electron chi connectivity index (χ0n) is 7.54. The van der Waals surface area contributed by atoms with Crippen molar-refractivity contribution in [3.05, 3.63) is 23.7 Å². The van der Waals surface area contributed by atoms with Crippen molar-refractivity contribution in [3.63, 3.8) is 0 Å². The lowest BCUT2D eigenvalue weighted by molar-refractivity contribution is 0.109. The molecule has 1 unspecified atom stereocenters. The van der Waals surface area contributed by atoms with E-state index in [1.54, 1.807) is 6.07 Å². The topological polar surface area (TPSA) is 30.2 Å². The third-order valence-corrected chi connectivity index (χ3v) is 1.97. The summed E-state index contributed by atoms with van der Waals surface area (Å²) < 4.78 is 5.28. The summed E-state index contributed by atoms with van der Waals surface area (Å²) in [5.41, 5.74) is 0. The Morgan fingerprint density at radius 3 is 2.83 bits per heavy atom. The van der Waals surface area contributed by atoms with Gasteiger partial charge >= 0.3 is 0 Å². The molecule has 1 heterocycles. The molecule has 1 rings (SSSR count). The van der Waals surface area contributed by atoms with Gasteiger partial charge in [0, 0.05) is 5.92 Å². The van der Waals surface area contributed by atoms with E-state index in [9.17, 15) is 4.79 Å². The summed E-state index contributed by atoms with van der Waals surface area (Å²) in [7, 11) is 0. The summed E-state index contributed by atoms with van der Waals surface area (Å²) in [6, 6.07) is 3.60. The second kappa shape index (κ2) is 4.10. The van der Waals surface area contributed by atoms with Gasteiger partial charge in [-0.3, -0.25) is 4.79 Å². The van der Waals surface area contributed by atoms with Crippen LogP contribution in [0.4, 0.5) is 0 Å². The minimum Gasteiger partial charge on any atom is -0.458 e. The van der Waals surface area contributed by atoms with Crippen molar-refractivity contribution < 1.29 is 9.21 Å². The number of hydrogen-bond donors (Lipinski definition) is 0. The monoisotopic (exact) mass is 166 g/mol. The fraction of sp³-hybridized carbons (Fsp3) is 0.500. The highest BCUT2D eigenvalue weighted by molar-refractivity contribution is 5.70. The van der Waals surface area contributed by atoms with Gasteiger partial charge in [-0.1, -0.05) is 20.3 Å². The Morgan fingerprint density at radius 1 is 1.58 bits per heavy atom. The molecule has 0 spiro atoms. The molecule has 1 aromatic rings. The number of furan rings is 1. The second-order valence-corrected chi connectivity index (χ2v) is 3.05. The standard InChI is InChI=1S/C10H14O2/c1-3-4-8(2)10-6-5-9(7-11)12-10/h5-8H,3-4H2,1-2H3. The first-order chi connectivity index (χ1) is 5.77. The van der Waals surface area contributed by atoms with Crippen LogP contribution in [0.5, 0.6) is 0 Å². The van der Waals surface area contributed by atoms with E-state index in [1.165, 1.54) is 0 Å². The summed E-state index contributed by atoms with van der Waals surface area (Å²) in [6.07, 6.45) is 2.98. The van der Waals surface area contributed by atoms with Crippen molar-refractivity contribution >= 4 is 6.29 Å². The number of aldehydes is 1. The molecule has 0 bridgehead atoms. The summed E-state index contributed by atoms with van der Waals surface area (Å²) in [6.45, 7) is 4.25. The first kappa shape index (κ1) is 9.04. The molecule has 0 aliphatic rings. The van der Waals surface area contributed by atoms with E-state index in [0.29, 0.717) is 11.7 Å². The van der Waals surface area contributed by atoms with E-state index < -0.39 is 0 Å². The molecule has 0 saturated carbocycles. The summed E-state index contributed by atoms with van der Waals surface area (Å²) >= 11 is 0. The van der Waals surface area contributed by atoms with E-state index in [4.69, 9.17) is 4.42 Å². The third-order valence-electron chi connectivity index (χ3n) is 1.97. The molecule has 2 heteroatoms. The Kier molecular flexibility index (Phi) is 3.09. The molecule has 0 N–H and O–H groups in total. The molecule has 0 saturated heterocycles. The molecule has 66 valence electrons. The normalized spacial score (nSPS) is 12.8. The Morgan fingerprint density at radius 2 is 2.33 bits per heavy atom. The average molecular weight is 166 g/mol. The smallest absolute Gasteiger partial charge is 0.185 e. The number of carbonyl (C=O) groups excluding carboxylic acids is 1. The van der Waals surface area contributed by atoms with Crippen molar-refractivity contribution in [2.45, 2.75) is 32.6 Å². The van der Waals surface area contributed by atoms with Crippen molar-refractivity contribution in [3.8, 4) is 0 Å². The first-order valence-corrected chi connectivity index (χ1v) is 4.32. The summed E-state index contributed by atoms with van der Waals surface area (Å²) in [5, 5.41) is 0. The number of hydrogen-bond acceptors (Lipinski definition) is 2. The highest BCUT2D eigenvalue weighted by Crippen LogP contribution is 2.21. The average Bonchev–Trinajstić information content (AvgIpc) is 2.52. The summed E-state index contributed by atoms with van der Waals surface area (Å²) in [5.74, 6) is 1.76. The van der Waals surface area contributed by atoms with Gasteiger partial charge in [0.15, 0.2) is 12.0 Å². The van der Waals surface area contributed by atoms with Crippen molar-refractivity contribution in [1.29, 1.82) is 0 Å². The molecule has 0 aromatic carbocycles. The lowest BCUT2D eigenvalue weighted by Crippen LogP contribution is -1.89. The fourth-order valence-electron chi connectivity index (χ4n) is 1.27. The highest BCUT2D eigenvalue weighted by Gasteiger charge is 2.08. The van der Waals surface area contributed by atoms with Crippen LogP contribution in [0.1, 0.15) is 48.9 Å². The molecule has 0 aliphatic carbocycles. The van der Waals surface area contributed by atoms with Crippen LogP contribution in [0.15, 0.2) is 16.5 Å².